The molecular weight excluding hydrogens is 390 g/mol. The molecule has 1 aliphatic rings. The topological polar surface area (TPSA) is 69.2 Å². The summed E-state index contributed by atoms with van der Waals surface area (Å²) in [5.74, 6) is 1.65. The maximum Gasteiger partial charge on any atom is 0.410 e. The Bertz CT molecular complexity index is 704. The third-order valence-electron chi connectivity index (χ3n) is 5.51. The number of carbonyl (C=O) groups is 1. The monoisotopic (exact) mass is 431 g/mol. The molecule has 174 valence electrons. The molecule has 2 rings (SSSR count). The summed E-state index contributed by atoms with van der Waals surface area (Å²) in [6, 6.07) is 8.26. The first-order valence-electron chi connectivity index (χ1n) is 11.3. The van der Waals surface area contributed by atoms with E-state index in [2.05, 4.69) is 39.7 Å². The number of nitrogens with one attached hydrogen (secondary N) is 2. The smallest absolute Gasteiger partial charge is 0.410 e. The maximum atomic E-state index is 12.1. The molecular formula is C24H41N5O2. The largest absolute Gasteiger partial charge is 0.444 e. The molecule has 0 aliphatic carbocycles. The molecule has 0 spiro atoms. The fourth-order valence-electron chi connectivity index (χ4n) is 3.59. The van der Waals surface area contributed by atoms with Crippen LogP contribution in [0.1, 0.15) is 51.2 Å². The number of hydrogen-bond donors (Lipinski definition) is 2. The van der Waals surface area contributed by atoms with E-state index in [9.17, 15) is 4.79 Å². The first kappa shape index (κ1) is 25.0. The van der Waals surface area contributed by atoms with Crippen LogP contribution in [-0.4, -0.2) is 68.2 Å². The number of rotatable bonds is 7. The van der Waals surface area contributed by atoms with Crippen LogP contribution < -0.4 is 10.6 Å². The number of benzene rings is 1. The summed E-state index contributed by atoms with van der Waals surface area (Å²) in [6.07, 6.45) is 3.46. The normalized spacial score (nSPS) is 16.1. The van der Waals surface area contributed by atoms with Crippen LogP contribution in [0, 0.1) is 5.92 Å². The number of hydrogen-bond acceptors (Lipinski definition) is 4. The van der Waals surface area contributed by atoms with Crippen molar-refractivity contribution in [3.05, 3.63) is 35.4 Å². The van der Waals surface area contributed by atoms with Crippen LogP contribution in [0.25, 0.3) is 0 Å². The second-order valence-corrected chi connectivity index (χ2v) is 9.54. The predicted octanol–water partition coefficient (Wildman–Crippen LogP) is 3.45. The standard InChI is InChI=1S/C24H41N5O2/c1-24(2,3)31-23(30)29(6)18-21-9-7-20(8-10-21)17-27-22(25-4)26-14-11-19-12-15-28(5)16-13-19/h7-10,19H,11-18H2,1-6H3,(H2,25,26,27). The minimum Gasteiger partial charge on any atom is -0.444 e. The summed E-state index contributed by atoms with van der Waals surface area (Å²) >= 11 is 0. The minimum absolute atomic E-state index is 0.312. The van der Waals surface area contributed by atoms with Crippen LogP contribution in [0.2, 0.25) is 0 Å². The highest BCUT2D eigenvalue weighted by Crippen LogP contribution is 2.18. The van der Waals surface area contributed by atoms with Crippen molar-refractivity contribution >= 4 is 12.1 Å². The molecule has 0 saturated carbocycles. The highest BCUT2D eigenvalue weighted by Gasteiger charge is 2.19. The van der Waals surface area contributed by atoms with Crippen molar-refractivity contribution in [2.24, 2.45) is 10.9 Å². The third-order valence-corrected chi connectivity index (χ3v) is 5.51. The van der Waals surface area contributed by atoms with Gasteiger partial charge in [-0.15, -0.1) is 0 Å². The van der Waals surface area contributed by atoms with Gasteiger partial charge in [0.2, 0.25) is 0 Å². The highest BCUT2D eigenvalue weighted by molar-refractivity contribution is 5.79. The van der Waals surface area contributed by atoms with E-state index in [0.29, 0.717) is 13.1 Å². The second-order valence-electron chi connectivity index (χ2n) is 9.54. The molecule has 1 fully saturated rings. The molecule has 1 aliphatic heterocycles. The Morgan fingerprint density at radius 3 is 2.35 bits per heavy atom. The van der Waals surface area contributed by atoms with Crippen molar-refractivity contribution in [2.75, 3.05) is 40.8 Å². The third kappa shape index (κ3) is 9.59. The average molecular weight is 432 g/mol. The number of aliphatic imine (C=N–C) groups is 1. The van der Waals surface area contributed by atoms with Crippen LogP contribution in [0.4, 0.5) is 4.79 Å². The number of carbonyl (C=O) groups excluding carboxylic acids is 1. The van der Waals surface area contributed by atoms with E-state index in [1.807, 2.05) is 32.9 Å². The van der Waals surface area contributed by atoms with E-state index in [1.54, 1.807) is 19.0 Å². The van der Waals surface area contributed by atoms with Crippen molar-refractivity contribution in [3.63, 3.8) is 0 Å². The summed E-state index contributed by atoms with van der Waals surface area (Å²) in [5, 5.41) is 6.81. The Kier molecular flexibility index (Phi) is 9.62. The lowest BCUT2D eigenvalue weighted by Gasteiger charge is -2.29. The Balaban J connectivity index is 1.72. The van der Waals surface area contributed by atoms with Crippen molar-refractivity contribution in [2.45, 2.75) is 58.7 Å². The van der Waals surface area contributed by atoms with Gasteiger partial charge in [-0.2, -0.15) is 0 Å². The minimum atomic E-state index is -0.486. The van der Waals surface area contributed by atoms with E-state index in [1.165, 1.54) is 37.9 Å². The zero-order valence-corrected chi connectivity index (χ0v) is 20.2. The van der Waals surface area contributed by atoms with Gasteiger partial charge in [-0.3, -0.25) is 4.99 Å². The van der Waals surface area contributed by atoms with Gasteiger partial charge in [0, 0.05) is 33.7 Å². The summed E-state index contributed by atoms with van der Waals surface area (Å²) in [7, 11) is 5.76. The van der Waals surface area contributed by atoms with Crippen LogP contribution in [0.3, 0.4) is 0 Å². The molecule has 0 radical (unpaired) electrons. The van der Waals surface area contributed by atoms with Crippen LogP contribution >= 0.6 is 0 Å². The van der Waals surface area contributed by atoms with E-state index in [4.69, 9.17) is 4.74 Å². The van der Waals surface area contributed by atoms with Crippen LogP contribution in [0.15, 0.2) is 29.3 Å². The fraction of sp³-hybridized carbons (Fsp3) is 0.667. The predicted molar refractivity (Wildman–Crippen MR) is 127 cm³/mol. The van der Waals surface area contributed by atoms with Gasteiger partial charge >= 0.3 is 6.09 Å². The van der Waals surface area contributed by atoms with E-state index < -0.39 is 5.60 Å². The van der Waals surface area contributed by atoms with Gasteiger partial charge in [0.25, 0.3) is 0 Å². The summed E-state index contributed by atoms with van der Waals surface area (Å²) in [6.45, 7) is 10.2. The molecule has 1 aromatic carbocycles. The van der Waals surface area contributed by atoms with Crippen molar-refractivity contribution < 1.29 is 9.53 Å². The molecule has 0 aromatic heterocycles. The Morgan fingerprint density at radius 2 is 1.77 bits per heavy atom. The fourth-order valence-corrected chi connectivity index (χ4v) is 3.59. The van der Waals surface area contributed by atoms with Gasteiger partial charge in [-0.25, -0.2) is 4.79 Å². The maximum absolute atomic E-state index is 12.1. The zero-order valence-electron chi connectivity index (χ0n) is 20.2. The van der Waals surface area contributed by atoms with Crippen LogP contribution in [-0.2, 0) is 17.8 Å². The number of piperidine rings is 1. The van der Waals surface area contributed by atoms with Gasteiger partial charge in [0.1, 0.15) is 5.60 Å². The number of guanidine groups is 1. The average Bonchev–Trinajstić information content (AvgIpc) is 2.71. The molecule has 1 saturated heterocycles. The van der Waals surface area contributed by atoms with Gasteiger partial charge in [0.05, 0.1) is 0 Å². The Morgan fingerprint density at radius 1 is 1.16 bits per heavy atom. The summed E-state index contributed by atoms with van der Waals surface area (Å²) in [4.78, 5) is 20.4. The zero-order chi connectivity index (χ0) is 22.9. The molecule has 1 amide bonds. The first-order valence-corrected chi connectivity index (χ1v) is 11.3. The van der Waals surface area contributed by atoms with Gasteiger partial charge in [-0.05, 0) is 77.2 Å². The van der Waals surface area contributed by atoms with Gasteiger partial charge in [-0.1, -0.05) is 24.3 Å². The van der Waals surface area contributed by atoms with Crippen molar-refractivity contribution in [1.29, 1.82) is 0 Å². The van der Waals surface area contributed by atoms with Crippen molar-refractivity contribution in [3.8, 4) is 0 Å². The molecule has 0 atom stereocenters. The molecule has 31 heavy (non-hydrogen) atoms. The Labute approximate surface area is 188 Å². The molecule has 7 heteroatoms. The first-order chi connectivity index (χ1) is 14.7. The van der Waals surface area contributed by atoms with Gasteiger partial charge in [0.15, 0.2) is 5.96 Å². The molecule has 1 aromatic rings. The molecule has 0 bridgehead atoms. The van der Waals surface area contributed by atoms with E-state index >= 15 is 0 Å². The molecule has 7 nitrogen and oxygen atoms in total. The highest BCUT2D eigenvalue weighted by atomic mass is 16.6. The second kappa shape index (κ2) is 11.9. The summed E-state index contributed by atoms with van der Waals surface area (Å²) in [5.41, 5.74) is 1.75. The molecule has 1 heterocycles. The lowest BCUT2D eigenvalue weighted by Crippen LogP contribution is -2.38. The van der Waals surface area contributed by atoms with E-state index in [-0.39, 0.29) is 6.09 Å². The number of ether oxygens (including phenoxy) is 1. The Hall–Kier alpha value is -2.28. The SMILES string of the molecule is CN=C(NCCC1CCN(C)CC1)NCc1ccc(CN(C)C(=O)OC(C)(C)C)cc1. The van der Waals surface area contributed by atoms with E-state index in [0.717, 1.165) is 24.0 Å². The lowest BCUT2D eigenvalue weighted by atomic mass is 9.94. The van der Waals surface area contributed by atoms with Crippen LogP contribution in [0.5, 0.6) is 0 Å². The van der Waals surface area contributed by atoms with Gasteiger partial charge < -0.3 is 25.2 Å². The number of likely N-dealkylation sites (tertiary alicyclic amines) is 1. The molecule has 0 unspecified atom stereocenters. The quantitative estimate of drug-likeness (QED) is 0.511. The number of nitrogens with zero attached hydrogens (tertiary/aromatic N) is 3. The van der Waals surface area contributed by atoms with Crippen molar-refractivity contribution in [1.82, 2.24) is 20.4 Å². The molecule has 2 N–H and O–H groups in total. The lowest BCUT2D eigenvalue weighted by molar-refractivity contribution is 0.0285. The number of amides is 1. The summed E-state index contributed by atoms with van der Waals surface area (Å²) < 4.78 is 5.40.